The molecule has 0 bridgehead atoms. The summed E-state index contributed by atoms with van der Waals surface area (Å²) in [5.74, 6) is 1.14. The van der Waals surface area contributed by atoms with Gasteiger partial charge in [-0.05, 0) is 43.4 Å². The third-order valence-electron chi connectivity index (χ3n) is 6.28. The monoisotopic (exact) mass is 480 g/mol. The third kappa shape index (κ3) is 5.15. The largest absolute Gasteiger partial charge is 0.370 e. The summed E-state index contributed by atoms with van der Waals surface area (Å²) in [6, 6.07) is 5.99. The van der Waals surface area contributed by atoms with Crippen LogP contribution in [0.3, 0.4) is 0 Å². The minimum Gasteiger partial charge on any atom is -0.370 e. The molecule has 2 aromatic heterocycles. The van der Waals surface area contributed by atoms with Gasteiger partial charge in [-0.2, -0.15) is 4.98 Å². The van der Waals surface area contributed by atoms with E-state index >= 15 is 0 Å². The number of thioether (sulfide) groups is 1. The van der Waals surface area contributed by atoms with Crippen LogP contribution in [-0.4, -0.2) is 90.4 Å². The number of nitrogens with one attached hydrogen (secondary N) is 1. The molecule has 2 aromatic rings. The van der Waals surface area contributed by atoms with Crippen molar-refractivity contribution >= 4 is 46.4 Å². The molecule has 5 heterocycles. The molecular formula is C23H28N8O2S. The van der Waals surface area contributed by atoms with E-state index in [1.54, 1.807) is 6.08 Å². The van der Waals surface area contributed by atoms with Gasteiger partial charge in [-0.15, -0.1) is 0 Å². The number of imide groups is 1. The molecular weight excluding hydrogens is 452 g/mol. The predicted octanol–water partition coefficient (Wildman–Crippen LogP) is 1.66. The zero-order valence-corrected chi connectivity index (χ0v) is 20.0. The molecule has 0 aliphatic carbocycles. The Morgan fingerprint density at radius 2 is 1.62 bits per heavy atom. The van der Waals surface area contributed by atoms with E-state index in [1.165, 1.54) is 5.69 Å². The summed E-state index contributed by atoms with van der Waals surface area (Å²) in [6.07, 6.45) is 6.31. The lowest BCUT2D eigenvalue weighted by Gasteiger charge is -2.34. The van der Waals surface area contributed by atoms with Crippen molar-refractivity contribution in [3.05, 3.63) is 41.2 Å². The number of rotatable bonds is 4. The van der Waals surface area contributed by atoms with Gasteiger partial charge in [0, 0.05) is 76.5 Å². The zero-order valence-electron chi connectivity index (χ0n) is 19.2. The van der Waals surface area contributed by atoms with E-state index < -0.39 is 0 Å². The first kappa shape index (κ1) is 22.6. The van der Waals surface area contributed by atoms with Crippen LogP contribution in [0.1, 0.15) is 12.1 Å². The molecule has 0 atom stereocenters. The van der Waals surface area contributed by atoms with Gasteiger partial charge in [-0.25, -0.2) is 4.98 Å². The van der Waals surface area contributed by atoms with Crippen molar-refractivity contribution in [2.75, 3.05) is 74.1 Å². The van der Waals surface area contributed by atoms with Crippen LogP contribution in [0.15, 0.2) is 35.5 Å². The summed E-state index contributed by atoms with van der Waals surface area (Å²) in [4.78, 5) is 47.1. The summed E-state index contributed by atoms with van der Waals surface area (Å²) in [7, 11) is 2.12. The molecule has 5 rings (SSSR count). The summed E-state index contributed by atoms with van der Waals surface area (Å²) in [6.45, 7) is 7.14. The Bertz CT molecular complexity index is 1090. The molecule has 0 radical (unpaired) electrons. The number of piperazine rings is 1. The van der Waals surface area contributed by atoms with Crippen molar-refractivity contribution in [3.8, 4) is 0 Å². The maximum Gasteiger partial charge on any atom is 0.290 e. The van der Waals surface area contributed by atoms with Crippen molar-refractivity contribution in [2.24, 2.45) is 0 Å². The van der Waals surface area contributed by atoms with Crippen LogP contribution in [0.5, 0.6) is 0 Å². The number of nitrogens with zero attached hydrogens (tertiary/aromatic N) is 7. The first-order valence-corrected chi connectivity index (χ1v) is 12.3. The zero-order chi connectivity index (χ0) is 23.5. The van der Waals surface area contributed by atoms with E-state index in [0.717, 1.165) is 76.4 Å². The average Bonchev–Trinajstić information content (AvgIpc) is 3.02. The number of likely N-dealkylation sites (N-methyl/N-ethyl adjacent to an activating group) is 1. The minimum absolute atomic E-state index is 0.353. The van der Waals surface area contributed by atoms with Gasteiger partial charge < -0.3 is 19.6 Å². The molecule has 11 heteroatoms. The first-order valence-electron chi connectivity index (χ1n) is 11.5. The van der Waals surface area contributed by atoms with Gasteiger partial charge >= 0.3 is 0 Å². The Labute approximate surface area is 203 Å². The van der Waals surface area contributed by atoms with Gasteiger partial charge in [0.1, 0.15) is 5.82 Å². The first-order chi connectivity index (χ1) is 16.5. The molecule has 3 fully saturated rings. The Morgan fingerprint density at radius 1 is 0.912 bits per heavy atom. The number of aromatic nitrogens is 3. The number of carbonyl (C=O) groups excluding carboxylic acids is 2. The van der Waals surface area contributed by atoms with Gasteiger partial charge in [-0.1, -0.05) is 0 Å². The second-order valence-electron chi connectivity index (χ2n) is 8.63. The molecule has 0 saturated carbocycles. The van der Waals surface area contributed by atoms with Crippen molar-refractivity contribution < 1.29 is 9.59 Å². The van der Waals surface area contributed by atoms with Crippen LogP contribution in [0.2, 0.25) is 0 Å². The SMILES string of the molecule is CN1CCN(c2cc(C=C3SC(=O)NC3=O)nc(N3CCCN(c4ccncc4)CC3)n2)CC1. The standard InChI is InChI=1S/C23H28N8O2S/c1-28-9-11-30(12-10-28)20-16-17(15-19-21(32)27-23(33)34-19)25-22(26-20)31-8-2-7-29(13-14-31)18-3-5-24-6-4-18/h3-6,15-16H,2,7-14H2,1H3,(H,27,32,33). The highest BCUT2D eigenvalue weighted by Crippen LogP contribution is 2.28. The van der Waals surface area contributed by atoms with Crippen LogP contribution in [0.25, 0.3) is 6.08 Å². The van der Waals surface area contributed by atoms with Crippen molar-refractivity contribution in [3.63, 3.8) is 0 Å². The number of hydrogen-bond acceptors (Lipinski definition) is 10. The fourth-order valence-corrected chi connectivity index (χ4v) is 5.01. The van der Waals surface area contributed by atoms with E-state index in [1.807, 2.05) is 30.6 Å². The molecule has 178 valence electrons. The smallest absolute Gasteiger partial charge is 0.290 e. The van der Waals surface area contributed by atoms with Crippen LogP contribution in [0.4, 0.5) is 22.2 Å². The Kier molecular flexibility index (Phi) is 6.63. The summed E-state index contributed by atoms with van der Waals surface area (Å²) >= 11 is 0.908. The minimum atomic E-state index is -0.376. The normalized spacial score (nSPS) is 21.2. The fourth-order valence-electron chi connectivity index (χ4n) is 4.34. The highest BCUT2D eigenvalue weighted by atomic mass is 32.2. The highest BCUT2D eigenvalue weighted by molar-refractivity contribution is 8.18. The van der Waals surface area contributed by atoms with E-state index in [-0.39, 0.29) is 11.1 Å². The highest BCUT2D eigenvalue weighted by Gasteiger charge is 2.26. The van der Waals surface area contributed by atoms with E-state index in [2.05, 4.69) is 36.9 Å². The topological polar surface area (TPSA) is 97.8 Å². The molecule has 3 saturated heterocycles. The van der Waals surface area contributed by atoms with Crippen LogP contribution in [0, 0.1) is 0 Å². The van der Waals surface area contributed by atoms with E-state index in [4.69, 9.17) is 9.97 Å². The fraction of sp³-hybridized carbons (Fsp3) is 0.435. The molecule has 2 amide bonds. The van der Waals surface area contributed by atoms with Crippen molar-refractivity contribution in [1.29, 1.82) is 0 Å². The molecule has 0 spiro atoms. The summed E-state index contributed by atoms with van der Waals surface area (Å²) < 4.78 is 0. The molecule has 3 aliphatic heterocycles. The number of pyridine rings is 1. The van der Waals surface area contributed by atoms with Gasteiger partial charge in [0.25, 0.3) is 11.1 Å². The van der Waals surface area contributed by atoms with Gasteiger partial charge in [-0.3, -0.25) is 19.9 Å². The molecule has 0 unspecified atom stereocenters. The molecule has 34 heavy (non-hydrogen) atoms. The molecule has 3 aliphatic rings. The van der Waals surface area contributed by atoms with Crippen molar-refractivity contribution in [1.82, 2.24) is 25.2 Å². The summed E-state index contributed by atoms with van der Waals surface area (Å²) in [5, 5.41) is 1.96. The predicted molar refractivity (Wildman–Crippen MR) is 134 cm³/mol. The maximum absolute atomic E-state index is 12.1. The van der Waals surface area contributed by atoms with E-state index in [0.29, 0.717) is 16.5 Å². The number of anilines is 3. The third-order valence-corrected chi connectivity index (χ3v) is 7.09. The Balaban J connectivity index is 1.42. The second kappa shape index (κ2) is 9.98. The van der Waals surface area contributed by atoms with Crippen molar-refractivity contribution in [2.45, 2.75) is 6.42 Å². The van der Waals surface area contributed by atoms with Gasteiger partial charge in [0.05, 0.1) is 10.6 Å². The second-order valence-corrected chi connectivity index (χ2v) is 9.64. The molecule has 1 N–H and O–H groups in total. The van der Waals surface area contributed by atoms with Crippen LogP contribution in [-0.2, 0) is 4.79 Å². The lowest BCUT2D eigenvalue weighted by Crippen LogP contribution is -2.45. The van der Waals surface area contributed by atoms with Crippen LogP contribution >= 0.6 is 11.8 Å². The lowest BCUT2D eigenvalue weighted by atomic mass is 10.3. The summed E-state index contributed by atoms with van der Waals surface area (Å²) in [5.41, 5.74) is 1.81. The molecule has 10 nitrogen and oxygen atoms in total. The quantitative estimate of drug-likeness (QED) is 0.651. The average molecular weight is 481 g/mol. The Hall–Kier alpha value is -3.18. The Morgan fingerprint density at radius 3 is 2.35 bits per heavy atom. The number of hydrogen-bond donors (Lipinski definition) is 1. The molecule has 0 aromatic carbocycles. The maximum atomic E-state index is 12.1. The van der Waals surface area contributed by atoms with Crippen LogP contribution < -0.4 is 20.0 Å². The van der Waals surface area contributed by atoms with Gasteiger partial charge in [0.15, 0.2) is 0 Å². The van der Waals surface area contributed by atoms with E-state index in [9.17, 15) is 9.59 Å². The number of carbonyl (C=O) groups is 2. The lowest BCUT2D eigenvalue weighted by molar-refractivity contribution is -0.115. The number of amides is 2. The van der Waals surface area contributed by atoms with Gasteiger partial charge in [0.2, 0.25) is 5.95 Å².